The average molecular weight is 313 g/mol. The third-order valence-corrected chi connectivity index (χ3v) is 7.21. The van der Waals surface area contributed by atoms with Gasteiger partial charge in [0.05, 0.1) is 10.8 Å². The van der Waals surface area contributed by atoms with Gasteiger partial charge in [-0.3, -0.25) is 0 Å². The van der Waals surface area contributed by atoms with Crippen molar-refractivity contribution in [1.82, 2.24) is 4.31 Å². The fraction of sp³-hybridized carbons (Fsp3) is 0.600. The van der Waals surface area contributed by atoms with Crippen molar-refractivity contribution in [3.05, 3.63) is 30.3 Å². The molecule has 1 atom stereocenters. The third kappa shape index (κ3) is 3.05. The normalized spacial score (nSPS) is 23.4. The second-order valence-corrected chi connectivity index (χ2v) is 9.72. The first-order valence-electron chi connectivity index (χ1n) is 6.96. The number of thioether (sulfide) groups is 1. The second kappa shape index (κ2) is 5.70. The first kappa shape index (κ1) is 15.9. The van der Waals surface area contributed by atoms with E-state index in [9.17, 15) is 8.42 Å². The van der Waals surface area contributed by atoms with Gasteiger partial charge in [-0.25, -0.2) is 8.42 Å². The molecular formula is C15H23NO2S2. The Hall–Kier alpha value is -0.520. The molecule has 0 aliphatic carbocycles. The van der Waals surface area contributed by atoms with Gasteiger partial charge in [0.1, 0.15) is 0 Å². The molecule has 1 aromatic rings. The van der Waals surface area contributed by atoms with Crippen LogP contribution in [0.1, 0.15) is 34.1 Å². The SMILES string of the molecule is CC(C)CC1N(S(=O)(=O)c2ccccc2)CSC1(C)C. The first-order valence-corrected chi connectivity index (χ1v) is 9.38. The molecule has 3 nitrogen and oxygen atoms in total. The van der Waals surface area contributed by atoms with Gasteiger partial charge in [0.2, 0.25) is 10.0 Å². The fourth-order valence-electron chi connectivity index (χ4n) is 2.58. The van der Waals surface area contributed by atoms with Gasteiger partial charge >= 0.3 is 0 Å². The number of rotatable bonds is 4. The zero-order valence-electron chi connectivity index (χ0n) is 12.5. The summed E-state index contributed by atoms with van der Waals surface area (Å²) in [6.45, 7) is 8.58. The molecule has 0 bridgehead atoms. The highest BCUT2D eigenvalue weighted by Crippen LogP contribution is 2.44. The molecule has 1 unspecified atom stereocenters. The van der Waals surface area contributed by atoms with E-state index < -0.39 is 10.0 Å². The highest BCUT2D eigenvalue weighted by atomic mass is 32.2. The van der Waals surface area contributed by atoms with Crippen molar-refractivity contribution in [3.8, 4) is 0 Å². The van der Waals surface area contributed by atoms with E-state index in [-0.39, 0.29) is 10.8 Å². The summed E-state index contributed by atoms with van der Waals surface area (Å²) in [6.07, 6.45) is 0.895. The Labute approximate surface area is 126 Å². The monoisotopic (exact) mass is 313 g/mol. The van der Waals surface area contributed by atoms with E-state index in [2.05, 4.69) is 27.7 Å². The molecule has 0 aromatic heterocycles. The van der Waals surface area contributed by atoms with E-state index >= 15 is 0 Å². The van der Waals surface area contributed by atoms with Crippen LogP contribution in [-0.4, -0.2) is 29.4 Å². The van der Waals surface area contributed by atoms with Crippen molar-refractivity contribution < 1.29 is 8.42 Å². The molecule has 112 valence electrons. The lowest BCUT2D eigenvalue weighted by Crippen LogP contribution is -2.44. The maximum Gasteiger partial charge on any atom is 0.244 e. The Bertz CT molecular complexity index is 552. The molecular weight excluding hydrogens is 290 g/mol. The average Bonchev–Trinajstić information content (AvgIpc) is 2.66. The van der Waals surface area contributed by atoms with Crippen molar-refractivity contribution in [2.24, 2.45) is 5.92 Å². The third-order valence-electron chi connectivity index (χ3n) is 3.76. The van der Waals surface area contributed by atoms with Crippen LogP contribution >= 0.6 is 11.8 Å². The molecule has 5 heteroatoms. The van der Waals surface area contributed by atoms with Crippen LogP contribution in [0, 0.1) is 5.92 Å². The lowest BCUT2D eigenvalue weighted by atomic mass is 9.94. The molecule has 0 radical (unpaired) electrons. The van der Waals surface area contributed by atoms with Crippen molar-refractivity contribution in [1.29, 1.82) is 0 Å². The number of benzene rings is 1. The maximum atomic E-state index is 12.8. The summed E-state index contributed by atoms with van der Waals surface area (Å²) >= 11 is 1.73. The molecule has 0 saturated carbocycles. The van der Waals surface area contributed by atoms with Crippen LogP contribution in [-0.2, 0) is 10.0 Å². The van der Waals surface area contributed by atoms with Crippen LogP contribution in [0.3, 0.4) is 0 Å². The molecule has 1 aliphatic heterocycles. The van der Waals surface area contributed by atoms with E-state index in [0.717, 1.165) is 6.42 Å². The number of hydrogen-bond acceptors (Lipinski definition) is 3. The second-order valence-electron chi connectivity index (χ2n) is 6.23. The van der Waals surface area contributed by atoms with Crippen LogP contribution in [0.4, 0.5) is 0 Å². The minimum Gasteiger partial charge on any atom is -0.207 e. The molecule has 0 spiro atoms. The van der Waals surface area contributed by atoms with E-state index in [1.807, 2.05) is 6.07 Å². The largest absolute Gasteiger partial charge is 0.244 e. The molecule has 0 amide bonds. The smallest absolute Gasteiger partial charge is 0.207 e. The standard InChI is InChI=1S/C15H23NO2S2/c1-12(2)10-14-15(3,4)19-11-16(14)20(17,18)13-8-6-5-7-9-13/h5-9,12,14H,10-11H2,1-4H3. The summed E-state index contributed by atoms with van der Waals surface area (Å²) in [5.74, 6) is 1.02. The van der Waals surface area contributed by atoms with Crippen molar-refractivity contribution >= 4 is 21.8 Å². The predicted octanol–water partition coefficient (Wildman–Crippen LogP) is 3.57. The Morgan fingerprint density at radius 2 is 1.90 bits per heavy atom. The van der Waals surface area contributed by atoms with Crippen LogP contribution in [0.5, 0.6) is 0 Å². The minimum atomic E-state index is -3.39. The van der Waals surface area contributed by atoms with Gasteiger partial charge in [-0.2, -0.15) is 4.31 Å². The van der Waals surface area contributed by atoms with Gasteiger partial charge in [0, 0.05) is 10.8 Å². The molecule has 1 saturated heterocycles. The van der Waals surface area contributed by atoms with E-state index in [1.54, 1.807) is 40.3 Å². The van der Waals surface area contributed by atoms with Crippen molar-refractivity contribution in [3.63, 3.8) is 0 Å². The van der Waals surface area contributed by atoms with Crippen LogP contribution in [0.15, 0.2) is 35.2 Å². The summed E-state index contributed by atoms with van der Waals surface area (Å²) in [5, 5.41) is 0. The number of sulfonamides is 1. The van der Waals surface area contributed by atoms with E-state index in [0.29, 0.717) is 16.7 Å². The number of nitrogens with zero attached hydrogens (tertiary/aromatic N) is 1. The summed E-state index contributed by atoms with van der Waals surface area (Å²) in [6, 6.07) is 8.80. The van der Waals surface area contributed by atoms with Crippen molar-refractivity contribution in [2.75, 3.05) is 5.88 Å². The van der Waals surface area contributed by atoms with Crippen LogP contribution in [0.2, 0.25) is 0 Å². The lowest BCUT2D eigenvalue weighted by molar-refractivity contribution is 0.288. The lowest BCUT2D eigenvalue weighted by Gasteiger charge is -2.32. The zero-order valence-corrected chi connectivity index (χ0v) is 14.2. The molecule has 2 rings (SSSR count). The molecule has 20 heavy (non-hydrogen) atoms. The maximum absolute atomic E-state index is 12.8. The predicted molar refractivity (Wildman–Crippen MR) is 85.2 cm³/mol. The summed E-state index contributed by atoms with van der Waals surface area (Å²) < 4.78 is 27.3. The summed E-state index contributed by atoms with van der Waals surface area (Å²) in [5.41, 5.74) is 0. The van der Waals surface area contributed by atoms with Gasteiger partial charge in [0.15, 0.2) is 0 Å². The van der Waals surface area contributed by atoms with Gasteiger partial charge < -0.3 is 0 Å². The first-order chi connectivity index (χ1) is 9.25. The van der Waals surface area contributed by atoms with Crippen LogP contribution in [0.25, 0.3) is 0 Å². The Kier molecular flexibility index (Phi) is 4.52. The molecule has 1 aliphatic rings. The summed E-state index contributed by atoms with van der Waals surface area (Å²) in [4.78, 5) is 0.395. The van der Waals surface area contributed by atoms with Crippen molar-refractivity contribution in [2.45, 2.75) is 49.8 Å². The summed E-state index contributed by atoms with van der Waals surface area (Å²) in [7, 11) is -3.39. The molecule has 0 N–H and O–H groups in total. The zero-order chi connectivity index (χ0) is 15.0. The van der Waals surface area contributed by atoms with E-state index in [1.165, 1.54) is 0 Å². The highest BCUT2D eigenvalue weighted by Gasteiger charge is 2.46. The van der Waals surface area contributed by atoms with Gasteiger partial charge in [-0.05, 0) is 38.3 Å². The number of hydrogen-bond donors (Lipinski definition) is 0. The highest BCUT2D eigenvalue weighted by molar-refractivity contribution is 8.02. The molecule has 1 heterocycles. The Balaban J connectivity index is 2.36. The minimum absolute atomic E-state index is 0.0356. The molecule has 1 fully saturated rings. The topological polar surface area (TPSA) is 37.4 Å². The van der Waals surface area contributed by atoms with E-state index in [4.69, 9.17) is 0 Å². The van der Waals surface area contributed by atoms with Crippen LogP contribution < -0.4 is 0 Å². The Morgan fingerprint density at radius 1 is 1.30 bits per heavy atom. The van der Waals surface area contributed by atoms with Gasteiger partial charge in [0.25, 0.3) is 0 Å². The van der Waals surface area contributed by atoms with Gasteiger partial charge in [-0.15, -0.1) is 11.8 Å². The molecule has 1 aromatic carbocycles. The Morgan fingerprint density at radius 3 is 2.45 bits per heavy atom. The fourth-order valence-corrected chi connectivity index (χ4v) is 5.87. The quantitative estimate of drug-likeness (QED) is 0.852. The van der Waals surface area contributed by atoms with Gasteiger partial charge in [-0.1, -0.05) is 32.0 Å².